The molecule has 1 fully saturated rings. The number of aryl methyl sites for hydroxylation is 1. The van der Waals surface area contributed by atoms with Gasteiger partial charge in [-0.25, -0.2) is 0 Å². The fourth-order valence-electron chi connectivity index (χ4n) is 2.12. The van der Waals surface area contributed by atoms with E-state index in [-0.39, 0.29) is 11.5 Å². The van der Waals surface area contributed by atoms with E-state index in [2.05, 4.69) is 4.90 Å². The highest BCUT2D eigenvalue weighted by Gasteiger charge is 2.23. The predicted octanol–water partition coefficient (Wildman–Crippen LogP) is 1.65. The van der Waals surface area contributed by atoms with Crippen molar-refractivity contribution in [3.63, 3.8) is 0 Å². The molecule has 18 heavy (non-hydrogen) atoms. The third-order valence-electron chi connectivity index (χ3n) is 3.26. The quantitative estimate of drug-likeness (QED) is 0.780. The Morgan fingerprint density at radius 1 is 1.33 bits per heavy atom. The molecule has 0 saturated carbocycles. The maximum absolute atomic E-state index is 11.9. The lowest BCUT2D eigenvalue weighted by atomic mass is 10.1. The van der Waals surface area contributed by atoms with Crippen LogP contribution in [0.3, 0.4) is 0 Å². The van der Waals surface area contributed by atoms with Gasteiger partial charge in [-0.05, 0) is 45.0 Å². The molecule has 100 valence electrons. The van der Waals surface area contributed by atoms with Gasteiger partial charge in [0, 0.05) is 6.54 Å². The highest BCUT2D eigenvalue weighted by Crippen LogP contribution is 2.18. The smallest absolute Gasteiger partial charge is 0.296 e. The van der Waals surface area contributed by atoms with Crippen molar-refractivity contribution < 1.29 is 12.6 Å². The number of benzene rings is 1. The molecule has 0 bridgehead atoms. The Bertz CT molecular complexity index is 495. The minimum Gasteiger partial charge on any atom is -0.306 e. The first-order valence-corrected chi connectivity index (χ1v) is 7.53. The lowest BCUT2D eigenvalue weighted by Gasteiger charge is -2.11. The van der Waals surface area contributed by atoms with Crippen LogP contribution in [0.4, 0.5) is 0 Å². The number of rotatable bonds is 4. The minimum absolute atomic E-state index is 0.236. The van der Waals surface area contributed by atoms with Gasteiger partial charge in [-0.15, -0.1) is 0 Å². The number of hydrogen-bond acceptors (Lipinski definition) is 4. The molecule has 5 heteroatoms. The summed E-state index contributed by atoms with van der Waals surface area (Å²) in [6.45, 7) is 4.12. The second-order valence-electron chi connectivity index (χ2n) is 4.97. The number of likely N-dealkylation sites (tertiary alicyclic amines) is 1. The minimum atomic E-state index is -3.60. The molecule has 0 radical (unpaired) electrons. The van der Waals surface area contributed by atoms with Crippen LogP contribution in [-0.4, -0.2) is 40.1 Å². The van der Waals surface area contributed by atoms with Crippen molar-refractivity contribution in [2.24, 2.45) is 5.92 Å². The van der Waals surface area contributed by atoms with Gasteiger partial charge < -0.3 is 4.90 Å². The van der Waals surface area contributed by atoms with Crippen molar-refractivity contribution in [3.8, 4) is 0 Å². The molecule has 1 aromatic carbocycles. The zero-order chi connectivity index (χ0) is 13.2. The highest BCUT2D eigenvalue weighted by atomic mass is 32.2. The van der Waals surface area contributed by atoms with Crippen molar-refractivity contribution in [2.75, 3.05) is 26.7 Å². The average Bonchev–Trinajstić information content (AvgIpc) is 2.73. The molecular formula is C13H19NO3S. The monoisotopic (exact) mass is 269 g/mol. The summed E-state index contributed by atoms with van der Waals surface area (Å²) in [7, 11) is -1.56. The summed E-state index contributed by atoms with van der Waals surface area (Å²) in [5.74, 6) is 0.315. The van der Waals surface area contributed by atoms with Crippen molar-refractivity contribution >= 4 is 10.1 Å². The Labute approximate surface area is 109 Å². The fourth-order valence-corrected chi connectivity index (χ4v) is 3.10. The zero-order valence-corrected chi connectivity index (χ0v) is 11.6. The van der Waals surface area contributed by atoms with Crippen LogP contribution in [-0.2, 0) is 14.3 Å². The molecule has 2 rings (SSSR count). The van der Waals surface area contributed by atoms with E-state index in [1.54, 1.807) is 24.3 Å². The van der Waals surface area contributed by atoms with Gasteiger partial charge in [0.25, 0.3) is 10.1 Å². The highest BCUT2D eigenvalue weighted by molar-refractivity contribution is 7.86. The lowest BCUT2D eigenvalue weighted by molar-refractivity contribution is 0.253. The van der Waals surface area contributed by atoms with E-state index >= 15 is 0 Å². The van der Waals surface area contributed by atoms with Crippen molar-refractivity contribution in [3.05, 3.63) is 29.8 Å². The molecule has 0 aliphatic carbocycles. The van der Waals surface area contributed by atoms with E-state index in [9.17, 15) is 8.42 Å². The maximum Gasteiger partial charge on any atom is 0.296 e. The molecule has 1 atom stereocenters. The van der Waals surface area contributed by atoms with Crippen molar-refractivity contribution in [2.45, 2.75) is 18.2 Å². The van der Waals surface area contributed by atoms with E-state index in [0.29, 0.717) is 5.92 Å². The normalized spacial score (nSPS) is 21.3. The molecular weight excluding hydrogens is 250 g/mol. The Balaban J connectivity index is 1.97. The van der Waals surface area contributed by atoms with Crippen LogP contribution in [0.2, 0.25) is 0 Å². The van der Waals surface area contributed by atoms with Crippen LogP contribution in [0.15, 0.2) is 29.2 Å². The van der Waals surface area contributed by atoms with Gasteiger partial charge in [-0.2, -0.15) is 8.42 Å². The summed E-state index contributed by atoms with van der Waals surface area (Å²) in [4.78, 5) is 2.42. The summed E-state index contributed by atoms with van der Waals surface area (Å²) in [5, 5.41) is 0. The van der Waals surface area contributed by atoms with Crippen LogP contribution in [0, 0.1) is 12.8 Å². The van der Waals surface area contributed by atoms with E-state index in [4.69, 9.17) is 4.18 Å². The third kappa shape index (κ3) is 3.31. The van der Waals surface area contributed by atoms with Crippen LogP contribution < -0.4 is 0 Å². The average molecular weight is 269 g/mol. The second-order valence-corrected chi connectivity index (χ2v) is 6.58. The van der Waals surface area contributed by atoms with Crippen LogP contribution in [0.1, 0.15) is 12.0 Å². The van der Waals surface area contributed by atoms with E-state index in [0.717, 1.165) is 25.1 Å². The van der Waals surface area contributed by atoms with Gasteiger partial charge in [-0.1, -0.05) is 17.7 Å². The molecule has 1 aliphatic heterocycles. The Kier molecular flexibility index (Phi) is 4.04. The van der Waals surface area contributed by atoms with Crippen molar-refractivity contribution in [1.29, 1.82) is 0 Å². The van der Waals surface area contributed by atoms with Gasteiger partial charge in [0.15, 0.2) is 0 Å². The Morgan fingerprint density at radius 2 is 2.00 bits per heavy atom. The Morgan fingerprint density at radius 3 is 2.56 bits per heavy atom. The third-order valence-corrected chi connectivity index (χ3v) is 4.55. The van der Waals surface area contributed by atoms with E-state index in [1.807, 2.05) is 14.0 Å². The first kappa shape index (κ1) is 13.5. The topological polar surface area (TPSA) is 46.6 Å². The molecule has 4 nitrogen and oxygen atoms in total. The first-order valence-electron chi connectivity index (χ1n) is 6.12. The van der Waals surface area contributed by atoms with Crippen LogP contribution in [0.5, 0.6) is 0 Å². The standard InChI is InChI=1S/C13H19NO3S/c1-11-3-5-13(6-4-11)18(15,16)17-10-12-7-8-14(2)9-12/h3-6,12H,7-10H2,1-2H3. The molecule has 0 N–H and O–H groups in total. The fraction of sp³-hybridized carbons (Fsp3) is 0.538. The van der Waals surface area contributed by atoms with E-state index < -0.39 is 10.1 Å². The van der Waals surface area contributed by atoms with Crippen LogP contribution >= 0.6 is 0 Å². The summed E-state index contributed by atoms with van der Waals surface area (Å²) < 4.78 is 29.0. The molecule has 0 aromatic heterocycles. The summed E-state index contributed by atoms with van der Waals surface area (Å²) in [6, 6.07) is 6.73. The van der Waals surface area contributed by atoms with E-state index in [1.165, 1.54) is 0 Å². The molecule has 0 amide bonds. The van der Waals surface area contributed by atoms with Gasteiger partial charge in [0.05, 0.1) is 11.5 Å². The molecule has 1 saturated heterocycles. The van der Waals surface area contributed by atoms with Gasteiger partial charge >= 0.3 is 0 Å². The first-order chi connectivity index (χ1) is 8.47. The summed E-state index contributed by atoms with van der Waals surface area (Å²) in [6.07, 6.45) is 1.000. The SMILES string of the molecule is Cc1ccc(S(=O)(=O)OCC2CCN(C)C2)cc1. The van der Waals surface area contributed by atoms with Gasteiger partial charge in [0.2, 0.25) is 0 Å². The molecule has 1 unspecified atom stereocenters. The predicted molar refractivity (Wildman–Crippen MR) is 69.9 cm³/mol. The Hall–Kier alpha value is -0.910. The number of hydrogen-bond donors (Lipinski definition) is 0. The molecule has 1 aromatic rings. The largest absolute Gasteiger partial charge is 0.306 e. The van der Waals surface area contributed by atoms with Gasteiger partial charge in [0.1, 0.15) is 0 Å². The molecule has 1 aliphatic rings. The van der Waals surface area contributed by atoms with Crippen LogP contribution in [0.25, 0.3) is 0 Å². The number of nitrogens with zero attached hydrogens (tertiary/aromatic N) is 1. The summed E-state index contributed by atoms with van der Waals surface area (Å²) >= 11 is 0. The van der Waals surface area contributed by atoms with Gasteiger partial charge in [-0.3, -0.25) is 4.18 Å². The molecule has 1 heterocycles. The molecule has 0 spiro atoms. The second kappa shape index (κ2) is 5.38. The summed E-state index contributed by atoms with van der Waals surface area (Å²) in [5.41, 5.74) is 1.03. The maximum atomic E-state index is 11.9. The van der Waals surface area contributed by atoms with Crippen molar-refractivity contribution in [1.82, 2.24) is 4.90 Å². The zero-order valence-electron chi connectivity index (χ0n) is 10.8. The lowest BCUT2D eigenvalue weighted by Crippen LogP contribution is -2.18.